The number of hydrogen-bond donors (Lipinski definition) is 1. The first-order valence-electron chi connectivity index (χ1n) is 6.57. The second kappa shape index (κ2) is 8.18. The molecular formula is C15H20N2O3. The van der Waals surface area contributed by atoms with Crippen LogP contribution in [0.4, 0.5) is 5.69 Å². The van der Waals surface area contributed by atoms with E-state index in [4.69, 9.17) is 4.74 Å². The second-order valence-electron chi connectivity index (χ2n) is 4.62. The minimum atomic E-state index is -0.417. The van der Waals surface area contributed by atoms with Gasteiger partial charge >= 0.3 is 5.69 Å². The molecule has 1 aromatic carbocycles. The molecule has 0 atom stereocenters. The van der Waals surface area contributed by atoms with Crippen LogP contribution >= 0.6 is 0 Å². The van der Waals surface area contributed by atoms with Gasteiger partial charge in [-0.15, -0.1) is 11.8 Å². The zero-order valence-electron chi connectivity index (χ0n) is 12.1. The minimum Gasteiger partial charge on any atom is -0.486 e. The van der Waals surface area contributed by atoms with Gasteiger partial charge in [-0.3, -0.25) is 10.1 Å². The van der Waals surface area contributed by atoms with Crippen LogP contribution in [0.5, 0.6) is 5.75 Å². The first-order valence-corrected chi connectivity index (χ1v) is 6.57. The Labute approximate surface area is 119 Å². The van der Waals surface area contributed by atoms with E-state index < -0.39 is 4.92 Å². The van der Waals surface area contributed by atoms with Crippen molar-refractivity contribution < 1.29 is 9.66 Å². The summed E-state index contributed by atoms with van der Waals surface area (Å²) in [6.45, 7) is 6.76. The molecule has 0 aromatic heterocycles. The molecule has 0 spiro atoms. The van der Waals surface area contributed by atoms with Gasteiger partial charge in [0, 0.05) is 25.1 Å². The molecule has 108 valence electrons. The average Bonchev–Trinajstić information content (AvgIpc) is 2.41. The van der Waals surface area contributed by atoms with E-state index >= 15 is 0 Å². The zero-order valence-corrected chi connectivity index (χ0v) is 12.1. The average molecular weight is 276 g/mol. The molecule has 0 aliphatic rings. The van der Waals surface area contributed by atoms with Crippen LogP contribution in [0, 0.1) is 22.0 Å². The quantitative estimate of drug-likeness (QED) is 0.360. The van der Waals surface area contributed by atoms with Crippen molar-refractivity contribution in [2.45, 2.75) is 39.8 Å². The first kappa shape index (κ1) is 16.0. The standard InChI is InChI=1S/C15H20N2O3/c1-4-5-6-9-20-15-8-7-13(11-16-12(2)3)10-14(15)17(18)19/h7-8,10,12,16H,6,9,11H2,1-3H3. The van der Waals surface area contributed by atoms with Gasteiger partial charge in [0.25, 0.3) is 0 Å². The van der Waals surface area contributed by atoms with Crippen LogP contribution in [0.2, 0.25) is 0 Å². The zero-order chi connectivity index (χ0) is 15.0. The Morgan fingerprint density at radius 1 is 1.45 bits per heavy atom. The Kier molecular flexibility index (Phi) is 6.54. The van der Waals surface area contributed by atoms with Gasteiger partial charge in [0.2, 0.25) is 0 Å². The summed E-state index contributed by atoms with van der Waals surface area (Å²) in [7, 11) is 0. The topological polar surface area (TPSA) is 64.4 Å². The Balaban J connectivity index is 2.78. The maximum Gasteiger partial charge on any atom is 0.311 e. The van der Waals surface area contributed by atoms with Crippen molar-refractivity contribution in [1.29, 1.82) is 0 Å². The molecule has 0 heterocycles. The van der Waals surface area contributed by atoms with Crippen molar-refractivity contribution in [3.63, 3.8) is 0 Å². The van der Waals surface area contributed by atoms with Crippen molar-refractivity contribution in [2.75, 3.05) is 6.61 Å². The van der Waals surface area contributed by atoms with E-state index in [-0.39, 0.29) is 5.69 Å². The molecule has 0 saturated carbocycles. The van der Waals surface area contributed by atoms with Gasteiger partial charge in [-0.05, 0) is 18.6 Å². The number of nitrogens with one attached hydrogen (secondary N) is 1. The van der Waals surface area contributed by atoms with Crippen LogP contribution in [-0.4, -0.2) is 17.6 Å². The molecular weight excluding hydrogens is 256 g/mol. The number of nitrogens with zero attached hydrogens (tertiary/aromatic N) is 1. The maximum absolute atomic E-state index is 11.1. The lowest BCUT2D eigenvalue weighted by atomic mass is 10.2. The number of benzene rings is 1. The van der Waals surface area contributed by atoms with Crippen LogP contribution in [0.15, 0.2) is 18.2 Å². The fourth-order valence-corrected chi connectivity index (χ4v) is 1.60. The van der Waals surface area contributed by atoms with E-state index in [1.165, 1.54) is 0 Å². The molecule has 1 rings (SSSR count). The van der Waals surface area contributed by atoms with Crippen molar-refractivity contribution in [1.82, 2.24) is 5.32 Å². The Morgan fingerprint density at radius 2 is 2.20 bits per heavy atom. The summed E-state index contributed by atoms with van der Waals surface area (Å²) in [6, 6.07) is 5.37. The van der Waals surface area contributed by atoms with Crippen molar-refractivity contribution in [2.24, 2.45) is 0 Å². The molecule has 0 aliphatic heterocycles. The number of hydrogen-bond acceptors (Lipinski definition) is 4. The van der Waals surface area contributed by atoms with Gasteiger partial charge in [0.05, 0.1) is 11.5 Å². The maximum atomic E-state index is 11.1. The summed E-state index contributed by atoms with van der Waals surface area (Å²) in [6.07, 6.45) is 0.560. The van der Waals surface area contributed by atoms with E-state index in [0.29, 0.717) is 31.4 Å². The molecule has 0 aliphatic carbocycles. The third-order valence-electron chi connectivity index (χ3n) is 2.60. The number of ether oxygens (including phenoxy) is 1. The third-order valence-corrected chi connectivity index (χ3v) is 2.60. The molecule has 20 heavy (non-hydrogen) atoms. The van der Waals surface area contributed by atoms with Crippen molar-refractivity contribution in [3.8, 4) is 17.6 Å². The highest BCUT2D eigenvalue weighted by atomic mass is 16.6. The van der Waals surface area contributed by atoms with Gasteiger partial charge in [-0.2, -0.15) is 0 Å². The summed E-state index contributed by atoms with van der Waals surface area (Å²) in [5.74, 6) is 5.90. The van der Waals surface area contributed by atoms with Gasteiger partial charge in [0.1, 0.15) is 0 Å². The smallest absolute Gasteiger partial charge is 0.311 e. The van der Waals surface area contributed by atoms with Crippen molar-refractivity contribution in [3.05, 3.63) is 33.9 Å². The van der Waals surface area contributed by atoms with Gasteiger partial charge in [-0.25, -0.2) is 0 Å². The second-order valence-corrected chi connectivity index (χ2v) is 4.62. The summed E-state index contributed by atoms with van der Waals surface area (Å²) < 4.78 is 5.42. The normalized spacial score (nSPS) is 10.0. The van der Waals surface area contributed by atoms with Crippen LogP contribution in [-0.2, 0) is 6.54 Å². The largest absolute Gasteiger partial charge is 0.486 e. The van der Waals surface area contributed by atoms with Crippen LogP contribution in [0.25, 0.3) is 0 Å². The molecule has 0 amide bonds. The Morgan fingerprint density at radius 3 is 2.80 bits per heavy atom. The SMILES string of the molecule is CC#CCCOc1ccc(CNC(C)C)cc1[N+](=O)[O-]. The van der Waals surface area contributed by atoms with E-state index in [9.17, 15) is 10.1 Å². The lowest BCUT2D eigenvalue weighted by Crippen LogP contribution is -2.21. The molecule has 0 fully saturated rings. The molecule has 0 radical (unpaired) electrons. The number of rotatable bonds is 7. The summed E-state index contributed by atoms with van der Waals surface area (Å²) in [5, 5.41) is 14.3. The molecule has 0 unspecified atom stereocenters. The Bertz CT molecular complexity index is 516. The fourth-order valence-electron chi connectivity index (χ4n) is 1.60. The van der Waals surface area contributed by atoms with E-state index in [1.54, 1.807) is 19.1 Å². The molecule has 0 saturated heterocycles. The van der Waals surface area contributed by atoms with Crippen LogP contribution in [0.3, 0.4) is 0 Å². The number of nitro groups is 1. The van der Waals surface area contributed by atoms with E-state index in [2.05, 4.69) is 17.2 Å². The van der Waals surface area contributed by atoms with Gasteiger partial charge < -0.3 is 10.1 Å². The van der Waals surface area contributed by atoms with Gasteiger partial charge in [-0.1, -0.05) is 19.9 Å². The molecule has 0 bridgehead atoms. The predicted octanol–water partition coefficient (Wildman–Crippen LogP) is 2.89. The highest BCUT2D eigenvalue weighted by Crippen LogP contribution is 2.28. The van der Waals surface area contributed by atoms with E-state index in [0.717, 1.165) is 5.56 Å². The highest BCUT2D eigenvalue weighted by molar-refractivity contribution is 5.48. The van der Waals surface area contributed by atoms with Gasteiger partial charge in [0.15, 0.2) is 5.75 Å². The monoisotopic (exact) mass is 276 g/mol. The summed E-state index contributed by atoms with van der Waals surface area (Å²) in [4.78, 5) is 10.7. The first-order chi connectivity index (χ1) is 9.54. The number of nitro benzene ring substituents is 1. The fraction of sp³-hybridized carbons (Fsp3) is 0.467. The van der Waals surface area contributed by atoms with Crippen LogP contribution in [0.1, 0.15) is 32.8 Å². The molecule has 5 nitrogen and oxygen atoms in total. The summed E-state index contributed by atoms with van der Waals surface area (Å²) >= 11 is 0. The lowest BCUT2D eigenvalue weighted by molar-refractivity contribution is -0.385. The predicted molar refractivity (Wildman–Crippen MR) is 78.6 cm³/mol. The van der Waals surface area contributed by atoms with Crippen molar-refractivity contribution >= 4 is 5.69 Å². The van der Waals surface area contributed by atoms with Crippen LogP contribution < -0.4 is 10.1 Å². The summed E-state index contributed by atoms with van der Waals surface area (Å²) in [5.41, 5.74) is 0.864. The highest BCUT2D eigenvalue weighted by Gasteiger charge is 2.15. The molecule has 5 heteroatoms. The van der Waals surface area contributed by atoms with E-state index in [1.807, 2.05) is 19.9 Å². The molecule has 1 N–H and O–H groups in total. The third kappa shape index (κ3) is 5.29. The lowest BCUT2D eigenvalue weighted by Gasteiger charge is -2.10. The minimum absolute atomic E-state index is 0.00230. The Hall–Kier alpha value is -2.06. The molecule has 1 aromatic rings.